The molecule has 2 aromatic carbocycles. The quantitative estimate of drug-likeness (QED) is 0.517. The molecule has 0 aliphatic carbocycles. The maximum absolute atomic E-state index is 13.5. The van der Waals surface area contributed by atoms with E-state index in [1.165, 1.54) is 12.0 Å². The van der Waals surface area contributed by atoms with Gasteiger partial charge in [-0.2, -0.15) is 0 Å². The molecule has 186 valence electrons. The van der Waals surface area contributed by atoms with Gasteiger partial charge in [0.1, 0.15) is 24.1 Å². The topological polar surface area (TPSA) is 105 Å². The summed E-state index contributed by atoms with van der Waals surface area (Å²) in [5.74, 6) is 0.0612. The molecule has 0 radical (unpaired) electrons. The molecule has 0 fully saturated rings. The number of hydrogen-bond donors (Lipinski definition) is 1. The second-order valence-electron chi connectivity index (χ2n) is 7.89. The molecule has 10 heteroatoms. The molecule has 9 nitrogen and oxygen atoms in total. The van der Waals surface area contributed by atoms with E-state index in [2.05, 4.69) is 5.32 Å². The first-order valence-corrected chi connectivity index (χ1v) is 12.7. The highest BCUT2D eigenvalue weighted by Crippen LogP contribution is 2.31. The number of aryl methyl sites for hydroxylation is 1. The fraction of sp³-hybridized carbons (Fsp3) is 0.417. The third-order valence-corrected chi connectivity index (χ3v) is 6.41. The number of rotatable bonds is 11. The SMILES string of the molecule is CCNC(=O)[C@H](C)N(Cc1cccc(OC)c1)C(=O)CN(c1cc(C)ccc1OC)S(C)(=O)=O. The number of nitrogens with one attached hydrogen (secondary N) is 1. The lowest BCUT2D eigenvalue weighted by atomic mass is 10.1. The fourth-order valence-electron chi connectivity index (χ4n) is 3.46. The Bertz CT molecular complexity index is 1120. The van der Waals surface area contributed by atoms with Gasteiger partial charge in [-0.3, -0.25) is 13.9 Å². The number of carbonyl (C=O) groups excluding carboxylic acids is 2. The van der Waals surface area contributed by atoms with Gasteiger partial charge in [-0.05, 0) is 56.2 Å². The predicted molar refractivity (Wildman–Crippen MR) is 132 cm³/mol. The van der Waals surface area contributed by atoms with Crippen LogP contribution in [0.4, 0.5) is 5.69 Å². The van der Waals surface area contributed by atoms with Crippen LogP contribution >= 0.6 is 0 Å². The van der Waals surface area contributed by atoms with Crippen molar-refractivity contribution >= 4 is 27.5 Å². The first-order valence-electron chi connectivity index (χ1n) is 10.8. The van der Waals surface area contributed by atoms with Gasteiger partial charge in [-0.1, -0.05) is 18.2 Å². The molecule has 2 rings (SSSR count). The highest BCUT2D eigenvalue weighted by Gasteiger charge is 2.31. The van der Waals surface area contributed by atoms with Crippen LogP contribution in [-0.4, -0.2) is 64.7 Å². The summed E-state index contributed by atoms with van der Waals surface area (Å²) >= 11 is 0. The lowest BCUT2D eigenvalue weighted by molar-refractivity contribution is -0.139. The highest BCUT2D eigenvalue weighted by molar-refractivity contribution is 7.92. The molecule has 1 N–H and O–H groups in total. The van der Waals surface area contributed by atoms with Crippen LogP contribution in [-0.2, 0) is 26.2 Å². The summed E-state index contributed by atoms with van der Waals surface area (Å²) in [5, 5.41) is 2.72. The van der Waals surface area contributed by atoms with Crippen LogP contribution in [0.3, 0.4) is 0 Å². The minimum atomic E-state index is -3.85. The predicted octanol–water partition coefficient (Wildman–Crippen LogP) is 2.33. The van der Waals surface area contributed by atoms with Crippen molar-refractivity contribution < 1.29 is 27.5 Å². The van der Waals surface area contributed by atoms with Crippen molar-refractivity contribution in [2.24, 2.45) is 0 Å². The Morgan fingerprint density at radius 2 is 1.79 bits per heavy atom. The zero-order chi connectivity index (χ0) is 25.5. The lowest BCUT2D eigenvalue weighted by Crippen LogP contribution is -2.51. The standard InChI is InChI=1S/C24H33N3O6S/c1-7-25-24(29)18(3)26(15-19-9-8-10-20(14-19)32-4)23(28)16-27(34(6,30)31)21-13-17(2)11-12-22(21)33-5/h8-14,18H,7,15-16H2,1-6H3,(H,25,29)/t18-/m0/s1. The third kappa shape index (κ3) is 6.86. The Morgan fingerprint density at radius 1 is 1.09 bits per heavy atom. The van der Waals surface area contributed by atoms with Gasteiger partial charge in [-0.25, -0.2) is 8.42 Å². The minimum Gasteiger partial charge on any atom is -0.497 e. The molecule has 0 bridgehead atoms. The second kappa shape index (κ2) is 11.7. The van der Waals surface area contributed by atoms with Gasteiger partial charge >= 0.3 is 0 Å². The summed E-state index contributed by atoms with van der Waals surface area (Å²) < 4.78 is 37.1. The van der Waals surface area contributed by atoms with Crippen molar-refractivity contribution in [3.63, 3.8) is 0 Å². The van der Waals surface area contributed by atoms with Crippen molar-refractivity contribution in [1.82, 2.24) is 10.2 Å². The Balaban J connectivity index is 2.47. The van der Waals surface area contributed by atoms with Crippen LogP contribution in [0.2, 0.25) is 0 Å². The monoisotopic (exact) mass is 491 g/mol. The first-order chi connectivity index (χ1) is 16.0. The maximum atomic E-state index is 13.5. The summed E-state index contributed by atoms with van der Waals surface area (Å²) in [6.07, 6.45) is 1.03. The smallest absolute Gasteiger partial charge is 0.244 e. The Morgan fingerprint density at radius 3 is 2.38 bits per heavy atom. The third-order valence-electron chi connectivity index (χ3n) is 5.29. The van der Waals surface area contributed by atoms with Gasteiger partial charge in [0.05, 0.1) is 26.2 Å². The Kier molecular flexibility index (Phi) is 9.31. The molecule has 0 saturated heterocycles. The van der Waals surface area contributed by atoms with Gasteiger partial charge in [0.2, 0.25) is 21.8 Å². The average Bonchev–Trinajstić information content (AvgIpc) is 2.79. The number of sulfonamides is 1. The van der Waals surface area contributed by atoms with E-state index in [1.807, 2.05) is 13.0 Å². The van der Waals surface area contributed by atoms with Crippen LogP contribution in [0, 0.1) is 6.92 Å². The molecule has 1 atom stereocenters. The molecule has 0 aromatic heterocycles. The number of methoxy groups -OCH3 is 2. The molecule has 0 heterocycles. The van der Waals surface area contributed by atoms with Crippen molar-refractivity contribution in [3.8, 4) is 11.5 Å². The van der Waals surface area contributed by atoms with E-state index < -0.39 is 28.5 Å². The average molecular weight is 492 g/mol. The number of ether oxygens (including phenoxy) is 2. The summed E-state index contributed by atoms with van der Waals surface area (Å²) in [6, 6.07) is 11.4. The normalized spacial score (nSPS) is 11.9. The molecule has 0 unspecified atom stereocenters. The molecular formula is C24H33N3O6S. The van der Waals surface area contributed by atoms with Crippen LogP contribution in [0.5, 0.6) is 11.5 Å². The molecule has 0 saturated carbocycles. The summed E-state index contributed by atoms with van der Waals surface area (Å²) in [4.78, 5) is 27.5. The molecule has 2 aromatic rings. The number of nitrogens with zero attached hydrogens (tertiary/aromatic N) is 2. The van der Waals surface area contributed by atoms with Crippen LogP contribution in [0.1, 0.15) is 25.0 Å². The minimum absolute atomic E-state index is 0.0941. The van der Waals surface area contributed by atoms with E-state index >= 15 is 0 Å². The number of benzene rings is 2. The summed E-state index contributed by atoms with van der Waals surface area (Å²) in [5.41, 5.74) is 1.80. The zero-order valence-electron chi connectivity index (χ0n) is 20.5. The van der Waals surface area contributed by atoms with E-state index in [9.17, 15) is 18.0 Å². The Labute approximate surface area is 201 Å². The summed E-state index contributed by atoms with van der Waals surface area (Å²) in [6.45, 7) is 5.22. The van der Waals surface area contributed by atoms with Gasteiger partial charge in [0.15, 0.2) is 0 Å². The van der Waals surface area contributed by atoms with Gasteiger partial charge < -0.3 is 19.7 Å². The fourth-order valence-corrected chi connectivity index (χ4v) is 4.31. The van der Waals surface area contributed by atoms with Crippen molar-refractivity contribution in [3.05, 3.63) is 53.6 Å². The van der Waals surface area contributed by atoms with E-state index in [0.29, 0.717) is 18.0 Å². The van der Waals surface area contributed by atoms with Gasteiger partial charge in [0.25, 0.3) is 0 Å². The molecular weight excluding hydrogens is 458 g/mol. The number of hydrogen-bond acceptors (Lipinski definition) is 6. The number of anilines is 1. The van der Waals surface area contributed by atoms with E-state index in [-0.39, 0.29) is 18.1 Å². The second-order valence-corrected chi connectivity index (χ2v) is 9.80. The molecule has 0 spiro atoms. The van der Waals surface area contributed by atoms with E-state index in [0.717, 1.165) is 21.7 Å². The highest BCUT2D eigenvalue weighted by atomic mass is 32.2. The summed E-state index contributed by atoms with van der Waals surface area (Å²) in [7, 11) is -0.877. The molecule has 2 amide bonds. The lowest BCUT2D eigenvalue weighted by Gasteiger charge is -2.32. The maximum Gasteiger partial charge on any atom is 0.244 e. The van der Waals surface area contributed by atoms with E-state index in [4.69, 9.17) is 9.47 Å². The molecule has 34 heavy (non-hydrogen) atoms. The molecule has 0 aliphatic heterocycles. The number of likely N-dealkylation sites (N-methyl/N-ethyl adjacent to an activating group) is 1. The van der Waals surface area contributed by atoms with Crippen molar-refractivity contribution in [1.29, 1.82) is 0 Å². The van der Waals surface area contributed by atoms with Crippen LogP contribution in [0.15, 0.2) is 42.5 Å². The van der Waals surface area contributed by atoms with Gasteiger partial charge in [-0.15, -0.1) is 0 Å². The molecule has 0 aliphatic rings. The van der Waals surface area contributed by atoms with Crippen molar-refractivity contribution in [2.75, 3.05) is 37.9 Å². The van der Waals surface area contributed by atoms with Crippen molar-refractivity contribution in [2.45, 2.75) is 33.4 Å². The first kappa shape index (κ1) is 27.0. The Hall–Kier alpha value is -3.27. The van der Waals surface area contributed by atoms with E-state index in [1.54, 1.807) is 57.4 Å². The number of carbonyl (C=O) groups is 2. The van der Waals surface area contributed by atoms with Crippen LogP contribution in [0.25, 0.3) is 0 Å². The van der Waals surface area contributed by atoms with Crippen LogP contribution < -0.4 is 19.1 Å². The largest absolute Gasteiger partial charge is 0.497 e. The number of amides is 2. The van der Waals surface area contributed by atoms with Gasteiger partial charge in [0, 0.05) is 13.1 Å². The zero-order valence-corrected chi connectivity index (χ0v) is 21.3.